The fraction of sp³-hybridized carbons (Fsp3) is 0.429. The zero-order chi connectivity index (χ0) is 12.3. The lowest BCUT2D eigenvalue weighted by Gasteiger charge is -1.99. The molecule has 0 aliphatic rings. The largest absolute Gasteiger partial charge is 0.0978 e. The Bertz CT molecular complexity index is 431. The molecule has 17 heavy (non-hydrogen) atoms. The van der Waals surface area contributed by atoms with E-state index < -0.39 is 0 Å². The highest BCUT2D eigenvalue weighted by Crippen LogP contribution is 2.07. The van der Waals surface area contributed by atoms with Crippen LogP contribution in [0.3, 0.4) is 0 Å². The molecule has 0 saturated heterocycles. The van der Waals surface area contributed by atoms with E-state index in [2.05, 4.69) is 40.9 Å². The molecule has 0 heterocycles. The number of nitrogens with zero attached hydrogens (tertiary/aromatic N) is 3. The topological polar surface area (TPSA) is 48.8 Å². The molecule has 0 aromatic heterocycles. The summed E-state index contributed by atoms with van der Waals surface area (Å²) in [6.07, 6.45) is 4.21. The molecule has 3 heteroatoms. The SMILES string of the molecule is CCCCc1ccc(C#CCCN=[N+]=[N-])cc1. The smallest absolute Gasteiger partial charge is 0.0367 e. The van der Waals surface area contributed by atoms with Gasteiger partial charge in [0.1, 0.15) is 0 Å². The summed E-state index contributed by atoms with van der Waals surface area (Å²) in [7, 11) is 0. The Balaban J connectivity index is 2.46. The first-order chi connectivity index (χ1) is 8.36. The first kappa shape index (κ1) is 13.2. The predicted molar refractivity (Wildman–Crippen MR) is 70.6 cm³/mol. The van der Waals surface area contributed by atoms with Crippen LogP contribution in [0.15, 0.2) is 29.4 Å². The molecular weight excluding hydrogens is 210 g/mol. The van der Waals surface area contributed by atoms with E-state index >= 15 is 0 Å². The second-order valence-electron chi connectivity index (χ2n) is 3.81. The fourth-order valence-corrected chi connectivity index (χ4v) is 1.45. The number of hydrogen-bond acceptors (Lipinski definition) is 1. The van der Waals surface area contributed by atoms with Gasteiger partial charge in [0.05, 0.1) is 0 Å². The first-order valence-corrected chi connectivity index (χ1v) is 5.95. The van der Waals surface area contributed by atoms with Gasteiger partial charge in [0.15, 0.2) is 0 Å². The summed E-state index contributed by atoms with van der Waals surface area (Å²) in [5.74, 6) is 6.04. The van der Waals surface area contributed by atoms with Crippen LogP contribution >= 0.6 is 0 Å². The monoisotopic (exact) mass is 227 g/mol. The normalized spacial score (nSPS) is 9.00. The van der Waals surface area contributed by atoms with E-state index in [0.717, 1.165) is 12.0 Å². The third-order valence-electron chi connectivity index (χ3n) is 2.41. The van der Waals surface area contributed by atoms with Crippen LogP contribution in [0.5, 0.6) is 0 Å². The number of benzene rings is 1. The maximum Gasteiger partial charge on any atom is 0.0367 e. The maximum absolute atomic E-state index is 8.09. The molecule has 3 nitrogen and oxygen atoms in total. The summed E-state index contributed by atoms with van der Waals surface area (Å²) < 4.78 is 0. The Morgan fingerprint density at radius 1 is 1.29 bits per heavy atom. The van der Waals surface area contributed by atoms with Crippen molar-refractivity contribution in [1.82, 2.24) is 0 Å². The van der Waals surface area contributed by atoms with E-state index in [4.69, 9.17) is 5.53 Å². The number of unbranched alkanes of at least 4 members (excludes halogenated alkanes) is 1. The van der Waals surface area contributed by atoms with Crippen molar-refractivity contribution >= 4 is 0 Å². The van der Waals surface area contributed by atoms with Gasteiger partial charge < -0.3 is 0 Å². The van der Waals surface area contributed by atoms with Gasteiger partial charge in [-0.3, -0.25) is 0 Å². The van der Waals surface area contributed by atoms with Crippen LogP contribution in [0.2, 0.25) is 0 Å². The number of aryl methyl sites for hydroxylation is 1. The average molecular weight is 227 g/mol. The van der Waals surface area contributed by atoms with Crippen LogP contribution in [-0.2, 0) is 6.42 Å². The molecule has 88 valence electrons. The lowest BCUT2D eigenvalue weighted by Crippen LogP contribution is -1.84. The summed E-state index contributed by atoms with van der Waals surface area (Å²) in [6, 6.07) is 8.36. The summed E-state index contributed by atoms with van der Waals surface area (Å²) in [4.78, 5) is 2.68. The van der Waals surface area contributed by atoms with Gasteiger partial charge in [-0.15, -0.1) is 0 Å². The molecule has 1 rings (SSSR count). The van der Waals surface area contributed by atoms with Gasteiger partial charge in [0.2, 0.25) is 0 Å². The van der Waals surface area contributed by atoms with E-state index in [1.54, 1.807) is 0 Å². The van der Waals surface area contributed by atoms with Crippen molar-refractivity contribution in [3.63, 3.8) is 0 Å². The number of rotatable bonds is 5. The van der Waals surface area contributed by atoms with Crippen LogP contribution in [0.1, 0.15) is 37.3 Å². The number of azide groups is 1. The molecule has 0 aliphatic heterocycles. The highest BCUT2D eigenvalue weighted by molar-refractivity contribution is 5.36. The van der Waals surface area contributed by atoms with Crippen molar-refractivity contribution in [2.75, 3.05) is 6.54 Å². The van der Waals surface area contributed by atoms with Gasteiger partial charge in [-0.25, -0.2) is 0 Å². The minimum atomic E-state index is 0.443. The molecule has 1 aromatic rings. The second-order valence-corrected chi connectivity index (χ2v) is 3.81. The van der Waals surface area contributed by atoms with Crippen molar-refractivity contribution in [3.05, 3.63) is 45.8 Å². The molecule has 0 spiro atoms. The van der Waals surface area contributed by atoms with Crippen LogP contribution in [-0.4, -0.2) is 6.54 Å². The zero-order valence-corrected chi connectivity index (χ0v) is 10.2. The van der Waals surface area contributed by atoms with Crippen molar-refractivity contribution in [1.29, 1.82) is 0 Å². The molecule has 0 amide bonds. The highest BCUT2D eigenvalue weighted by atomic mass is 15.1. The lowest BCUT2D eigenvalue weighted by molar-refractivity contribution is 0.795. The zero-order valence-electron chi connectivity index (χ0n) is 10.2. The minimum absolute atomic E-state index is 0.443. The average Bonchev–Trinajstić information content (AvgIpc) is 2.37. The first-order valence-electron chi connectivity index (χ1n) is 5.95. The Labute approximate surface area is 102 Å². The van der Waals surface area contributed by atoms with E-state index in [1.165, 1.54) is 18.4 Å². The third-order valence-corrected chi connectivity index (χ3v) is 2.41. The van der Waals surface area contributed by atoms with Crippen LogP contribution in [0, 0.1) is 11.8 Å². The molecule has 0 aliphatic carbocycles. The number of hydrogen-bond donors (Lipinski definition) is 0. The third kappa shape index (κ3) is 5.65. The fourth-order valence-electron chi connectivity index (χ4n) is 1.45. The van der Waals surface area contributed by atoms with Crippen LogP contribution in [0.4, 0.5) is 0 Å². The lowest BCUT2D eigenvalue weighted by atomic mass is 10.1. The molecule has 1 aromatic carbocycles. The molecule has 0 atom stereocenters. The highest BCUT2D eigenvalue weighted by Gasteiger charge is 1.92. The Hall–Kier alpha value is -1.91. The van der Waals surface area contributed by atoms with E-state index in [-0.39, 0.29) is 0 Å². The van der Waals surface area contributed by atoms with Gasteiger partial charge >= 0.3 is 0 Å². The van der Waals surface area contributed by atoms with Crippen LogP contribution in [0.25, 0.3) is 10.4 Å². The predicted octanol–water partition coefficient (Wildman–Crippen LogP) is 4.08. The van der Waals surface area contributed by atoms with Gasteiger partial charge in [0, 0.05) is 23.4 Å². The van der Waals surface area contributed by atoms with Crippen molar-refractivity contribution < 1.29 is 0 Å². The van der Waals surface area contributed by atoms with E-state index in [1.807, 2.05) is 12.1 Å². The summed E-state index contributed by atoms with van der Waals surface area (Å²) >= 11 is 0. The van der Waals surface area contributed by atoms with Crippen molar-refractivity contribution in [2.24, 2.45) is 5.11 Å². The van der Waals surface area contributed by atoms with Gasteiger partial charge in [0.25, 0.3) is 0 Å². The Kier molecular flexibility index (Phi) is 6.40. The minimum Gasteiger partial charge on any atom is -0.0978 e. The molecule has 0 unspecified atom stereocenters. The molecule has 0 fully saturated rings. The molecule has 0 bridgehead atoms. The molecule has 0 radical (unpaired) electrons. The summed E-state index contributed by atoms with van der Waals surface area (Å²) in [5, 5.41) is 3.43. The quantitative estimate of drug-likeness (QED) is 0.239. The molecule has 0 saturated carbocycles. The maximum atomic E-state index is 8.09. The van der Waals surface area contributed by atoms with Gasteiger partial charge in [-0.1, -0.05) is 42.4 Å². The van der Waals surface area contributed by atoms with Crippen molar-refractivity contribution in [3.8, 4) is 11.8 Å². The Morgan fingerprint density at radius 2 is 2.06 bits per heavy atom. The van der Waals surface area contributed by atoms with E-state index in [0.29, 0.717) is 13.0 Å². The van der Waals surface area contributed by atoms with Gasteiger partial charge in [-0.2, -0.15) is 0 Å². The summed E-state index contributed by atoms with van der Waals surface area (Å²) in [6.45, 7) is 2.64. The second kappa shape index (κ2) is 8.27. The molecular formula is C14H17N3. The molecule has 0 N–H and O–H groups in total. The summed E-state index contributed by atoms with van der Waals surface area (Å²) in [5.41, 5.74) is 10.5. The van der Waals surface area contributed by atoms with Gasteiger partial charge in [-0.05, 0) is 36.1 Å². The standard InChI is InChI=1S/C14H17N3/c1-2-3-6-13-8-10-14(11-9-13)7-4-5-12-16-17-15/h8-11H,2-3,5-6,12H2,1H3. The Morgan fingerprint density at radius 3 is 2.71 bits per heavy atom. The van der Waals surface area contributed by atoms with Crippen molar-refractivity contribution in [2.45, 2.75) is 32.6 Å². The van der Waals surface area contributed by atoms with Crippen LogP contribution < -0.4 is 0 Å². The van der Waals surface area contributed by atoms with E-state index in [9.17, 15) is 0 Å².